The van der Waals surface area contributed by atoms with E-state index in [4.69, 9.17) is 5.11 Å². The molecule has 4 aromatic rings. The molecule has 8 heteroatoms. The zero-order chi connectivity index (χ0) is 25.3. The molecule has 0 radical (unpaired) electrons. The van der Waals surface area contributed by atoms with Crippen molar-refractivity contribution in [3.8, 4) is 0 Å². The Morgan fingerprint density at radius 3 is 1.26 bits per heavy atom. The third-order valence-corrected chi connectivity index (χ3v) is 4.06. The van der Waals surface area contributed by atoms with E-state index in [1.54, 1.807) is 60.9 Å². The molecule has 0 aliphatic carbocycles. The van der Waals surface area contributed by atoms with Gasteiger partial charge in [0.15, 0.2) is 0 Å². The first kappa shape index (κ1) is 26.1. The standard InChI is InChI=1S/2C12H10N2O.C3H4O2/c2*15-12(10-6-2-1-3-7-10)14-11-8-4-5-9-13-11;1-2-3(4)5/h2*1-9H,(H,13,14,15);2H,1H2,(H,4,5). The summed E-state index contributed by atoms with van der Waals surface area (Å²) in [5, 5.41) is 13.0. The third kappa shape index (κ3) is 10.4. The second kappa shape index (κ2) is 14.9. The van der Waals surface area contributed by atoms with Crippen molar-refractivity contribution < 1.29 is 19.5 Å². The normalized spacial score (nSPS) is 9.14. The molecule has 0 spiro atoms. The lowest BCUT2D eigenvalue weighted by molar-refractivity contribution is -0.131. The fourth-order valence-electron chi connectivity index (χ4n) is 2.43. The Bertz CT molecular complexity index is 1110. The Labute approximate surface area is 203 Å². The zero-order valence-corrected chi connectivity index (χ0v) is 18.7. The van der Waals surface area contributed by atoms with Gasteiger partial charge in [0.1, 0.15) is 11.6 Å². The van der Waals surface area contributed by atoms with E-state index in [-0.39, 0.29) is 11.8 Å². The van der Waals surface area contributed by atoms with Crippen LogP contribution in [0.1, 0.15) is 20.7 Å². The lowest BCUT2D eigenvalue weighted by Gasteiger charge is -2.02. The first-order valence-electron chi connectivity index (χ1n) is 10.4. The van der Waals surface area contributed by atoms with Crippen LogP contribution in [0.4, 0.5) is 11.6 Å². The molecule has 0 atom stereocenters. The Morgan fingerprint density at radius 2 is 0.971 bits per heavy atom. The number of hydrogen-bond acceptors (Lipinski definition) is 5. The number of carboxylic acid groups (broad SMARTS) is 1. The average Bonchev–Trinajstić information content (AvgIpc) is 2.91. The number of aliphatic carboxylic acids is 1. The van der Waals surface area contributed by atoms with Crippen molar-refractivity contribution in [2.45, 2.75) is 0 Å². The van der Waals surface area contributed by atoms with Crippen LogP contribution >= 0.6 is 0 Å². The zero-order valence-electron chi connectivity index (χ0n) is 18.7. The summed E-state index contributed by atoms with van der Waals surface area (Å²) in [4.78, 5) is 40.6. The smallest absolute Gasteiger partial charge is 0.327 e. The van der Waals surface area contributed by atoms with Gasteiger partial charge >= 0.3 is 5.97 Å². The number of carbonyl (C=O) groups excluding carboxylic acids is 2. The molecule has 0 bridgehead atoms. The summed E-state index contributed by atoms with van der Waals surface area (Å²) in [6.45, 7) is 2.96. The maximum absolute atomic E-state index is 11.7. The monoisotopic (exact) mass is 468 g/mol. The van der Waals surface area contributed by atoms with Crippen LogP contribution in [0.15, 0.2) is 122 Å². The average molecular weight is 469 g/mol. The molecule has 176 valence electrons. The Hall–Kier alpha value is -5.11. The number of amides is 2. The Kier molecular flexibility index (Phi) is 11.1. The summed E-state index contributed by atoms with van der Waals surface area (Å²) in [5.41, 5.74) is 1.26. The molecule has 0 saturated carbocycles. The van der Waals surface area contributed by atoms with Gasteiger partial charge < -0.3 is 15.7 Å². The van der Waals surface area contributed by atoms with Crippen molar-refractivity contribution in [3.63, 3.8) is 0 Å². The van der Waals surface area contributed by atoms with Crippen LogP contribution in [0, 0.1) is 0 Å². The lowest BCUT2D eigenvalue weighted by Crippen LogP contribution is -2.12. The second-order valence-corrected chi connectivity index (χ2v) is 6.61. The van der Waals surface area contributed by atoms with Gasteiger partial charge in [-0.3, -0.25) is 9.59 Å². The number of nitrogens with zero attached hydrogens (tertiary/aromatic N) is 2. The highest BCUT2D eigenvalue weighted by Gasteiger charge is 2.05. The first-order chi connectivity index (χ1) is 17.0. The maximum atomic E-state index is 11.7. The van der Waals surface area contributed by atoms with Crippen LogP contribution in [0.5, 0.6) is 0 Å². The minimum atomic E-state index is -0.981. The number of anilines is 2. The molecule has 2 aromatic carbocycles. The molecule has 8 nitrogen and oxygen atoms in total. The quantitative estimate of drug-likeness (QED) is 0.357. The largest absolute Gasteiger partial charge is 0.478 e. The number of rotatable bonds is 5. The maximum Gasteiger partial charge on any atom is 0.327 e. The van der Waals surface area contributed by atoms with Gasteiger partial charge in [-0.25, -0.2) is 14.8 Å². The summed E-state index contributed by atoms with van der Waals surface area (Å²) in [7, 11) is 0. The summed E-state index contributed by atoms with van der Waals surface area (Å²) in [6.07, 6.45) is 4.11. The predicted octanol–water partition coefficient (Wildman–Crippen LogP) is 4.92. The number of pyridine rings is 2. The molecular formula is C27H24N4O4. The van der Waals surface area contributed by atoms with Gasteiger partial charge in [0.2, 0.25) is 0 Å². The van der Waals surface area contributed by atoms with Gasteiger partial charge in [-0.1, -0.05) is 55.1 Å². The van der Waals surface area contributed by atoms with Gasteiger partial charge in [-0.2, -0.15) is 0 Å². The Morgan fingerprint density at radius 1 is 0.629 bits per heavy atom. The molecule has 2 aromatic heterocycles. The summed E-state index contributed by atoms with van der Waals surface area (Å²) < 4.78 is 0. The summed E-state index contributed by atoms with van der Waals surface area (Å²) in [6, 6.07) is 28.9. The molecular weight excluding hydrogens is 444 g/mol. The van der Waals surface area contributed by atoms with Gasteiger partial charge in [0, 0.05) is 29.6 Å². The van der Waals surface area contributed by atoms with Gasteiger partial charge in [0.05, 0.1) is 0 Å². The van der Waals surface area contributed by atoms with E-state index in [0.717, 1.165) is 6.08 Å². The summed E-state index contributed by atoms with van der Waals surface area (Å²) in [5.74, 6) is -0.147. The van der Waals surface area contributed by atoms with E-state index in [2.05, 4.69) is 27.2 Å². The fraction of sp³-hybridized carbons (Fsp3) is 0. The molecule has 0 unspecified atom stereocenters. The predicted molar refractivity (Wildman–Crippen MR) is 135 cm³/mol. The van der Waals surface area contributed by atoms with E-state index in [0.29, 0.717) is 22.8 Å². The van der Waals surface area contributed by atoms with Crippen molar-refractivity contribution in [1.29, 1.82) is 0 Å². The number of hydrogen-bond donors (Lipinski definition) is 3. The summed E-state index contributed by atoms with van der Waals surface area (Å²) >= 11 is 0. The molecule has 4 rings (SSSR count). The number of carboxylic acids is 1. The van der Waals surface area contributed by atoms with E-state index in [1.807, 2.05) is 48.5 Å². The highest BCUT2D eigenvalue weighted by molar-refractivity contribution is 6.04. The molecule has 0 saturated heterocycles. The van der Waals surface area contributed by atoms with Crippen LogP contribution in [0.3, 0.4) is 0 Å². The highest BCUT2D eigenvalue weighted by atomic mass is 16.4. The van der Waals surface area contributed by atoms with Gasteiger partial charge in [-0.05, 0) is 48.5 Å². The molecule has 35 heavy (non-hydrogen) atoms. The first-order valence-corrected chi connectivity index (χ1v) is 10.4. The minimum absolute atomic E-state index is 0.144. The van der Waals surface area contributed by atoms with Crippen molar-refractivity contribution >= 4 is 29.4 Å². The molecule has 0 aliphatic heterocycles. The number of nitrogens with one attached hydrogen (secondary N) is 2. The van der Waals surface area contributed by atoms with Crippen LogP contribution in [0.25, 0.3) is 0 Å². The van der Waals surface area contributed by atoms with E-state index in [9.17, 15) is 14.4 Å². The fourth-order valence-corrected chi connectivity index (χ4v) is 2.43. The molecule has 2 heterocycles. The molecule has 0 aliphatic rings. The van der Waals surface area contributed by atoms with Crippen LogP contribution in [-0.2, 0) is 4.79 Å². The van der Waals surface area contributed by atoms with Crippen LogP contribution in [-0.4, -0.2) is 32.9 Å². The second-order valence-electron chi connectivity index (χ2n) is 6.61. The van der Waals surface area contributed by atoms with Crippen molar-refractivity contribution in [2.24, 2.45) is 0 Å². The third-order valence-electron chi connectivity index (χ3n) is 4.06. The molecule has 3 N–H and O–H groups in total. The van der Waals surface area contributed by atoms with Crippen LogP contribution < -0.4 is 10.6 Å². The topological polar surface area (TPSA) is 121 Å². The van der Waals surface area contributed by atoms with Crippen LogP contribution in [0.2, 0.25) is 0 Å². The van der Waals surface area contributed by atoms with Crippen molar-refractivity contribution in [3.05, 3.63) is 133 Å². The lowest BCUT2D eigenvalue weighted by atomic mass is 10.2. The Balaban J connectivity index is 0.000000208. The number of benzene rings is 2. The van der Waals surface area contributed by atoms with E-state index >= 15 is 0 Å². The van der Waals surface area contributed by atoms with Crippen molar-refractivity contribution in [1.82, 2.24) is 9.97 Å². The van der Waals surface area contributed by atoms with Crippen molar-refractivity contribution in [2.75, 3.05) is 10.6 Å². The number of carbonyl (C=O) groups is 3. The number of aromatic nitrogens is 2. The SMILES string of the molecule is C=CC(=O)O.O=C(Nc1ccccn1)c1ccccc1.O=C(Nc1ccccn1)c1ccccc1. The molecule has 0 fully saturated rings. The van der Waals surface area contributed by atoms with Gasteiger partial charge in [-0.15, -0.1) is 0 Å². The van der Waals surface area contributed by atoms with Gasteiger partial charge in [0.25, 0.3) is 11.8 Å². The molecule has 2 amide bonds. The highest BCUT2D eigenvalue weighted by Crippen LogP contribution is 2.06. The minimum Gasteiger partial charge on any atom is -0.478 e. The van der Waals surface area contributed by atoms with E-state index in [1.165, 1.54) is 0 Å². The van der Waals surface area contributed by atoms with E-state index < -0.39 is 5.97 Å².